The number of rotatable bonds is 4. The van der Waals surface area contributed by atoms with Crippen molar-refractivity contribution in [3.63, 3.8) is 0 Å². The van der Waals surface area contributed by atoms with Crippen molar-refractivity contribution >= 4 is 38.9 Å². The molecule has 0 aliphatic carbocycles. The smallest absolute Gasteiger partial charge is 0.107 e. The topological polar surface area (TPSA) is 12.0 Å². The van der Waals surface area contributed by atoms with Gasteiger partial charge in [-0.05, 0) is 40.9 Å². The van der Waals surface area contributed by atoms with Gasteiger partial charge < -0.3 is 5.32 Å². The largest absolute Gasteiger partial charge is 0.312 e. The normalized spacial score (nSPS) is 15.7. The Labute approximate surface area is 109 Å². The van der Waals surface area contributed by atoms with Crippen LogP contribution in [0.15, 0.2) is 10.5 Å². The van der Waals surface area contributed by atoms with Gasteiger partial charge in [-0.15, -0.1) is 11.3 Å². The van der Waals surface area contributed by atoms with E-state index in [0.717, 1.165) is 8.81 Å². The van der Waals surface area contributed by atoms with Gasteiger partial charge in [-0.25, -0.2) is 0 Å². The monoisotopic (exact) mass is 309 g/mol. The quantitative estimate of drug-likeness (QED) is 0.848. The van der Waals surface area contributed by atoms with Gasteiger partial charge in [0.25, 0.3) is 0 Å². The first-order valence-electron chi connectivity index (χ1n) is 5.09. The lowest BCUT2D eigenvalue weighted by Crippen LogP contribution is -2.25. The highest BCUT2D eigenvalue weighted by Gasteiger charge is 2.22. The first-order chi connectivity index (χ1) is 6.97. The van der Waals surface area contributed by atoms with E-state index in [1.807, 2.05) is 7.05 Å². The molecule has 2 unspecified atom stereocenters. The van der Waals surface area contributed by atoms with Crippen LogP contribution in [0.1, 0.15) is 31.7 Å². The summed E-state index contributed by atoms with van der Waals surface area (Å²) >= 11 is 11.2. The Hall–Kier alpha value is 0.430. The first kappa shape index (κ1) is 13.5. The maximum absolute atomic E-state index is 6.06. The molecule has 0 bridgehead atoms. The third-order valence-electron chi connectivity index (χ3n) is 2.86. The zero-order chi connectivity index (χ0) is 11.6. The van der Waals surface area contributed by atoms with Gasteiger partial charge in [0.2, 0.25) is 0 Å². The molecule has 0 aliphatic heterocycles. The van der Waals surface area contributed by atoms with E-state index >= 15 is 0 Å². The lowest BCUT2D eigenvalue weighted by atomic mass is 9.89. The minimum Gasteiger partial charge on any atom is -0.312 e. The maximum Gasteiger partial charge on any atom is 0.107 e. The highest BCUT2D eigenvalue weighted by atomic mass is 79.9. The molecule has 0 saturated heterocycles. The zero-order valence-corrected chi connectivity index (χ0v) is 12.6. The maximum atomic E-state index is 6.06. The molecule has 0 aliphatic rings. The Bertz CT molecular complexity index is 305. The predicted octanol–water partition coefficient (Wildman–Crippen LogP) is 4.72. The molecule has 0 aromatic carbocycles. The summed E-state index contributed by atoms with van der Waals surface area (Å²) in [5, 5.41) is 3.37. The third-order valence-corrected chi connectivity index (χ3v) is 5.42. The Morgan fingerprint density at radius 3 is 2.33 bits per heavy atom. The summed E-state index contributed by atoms with van der Waals surface area (Å²) in [6.45, 7) is 6.77. The Kier molecular flexibility index (Phi) is 5.10. The van der Waals surface area contributed by atoms with Gasteiger partial charge >= 0.3 is 0 Å². The fourth-order valence-electron chi connectivity index (χ4n) is 1.57. The molecule has 1 nitrogen and oxygen atoms in total. The van der Waals surface area contributed by atoms with Crippen molar-refractivity contribution in [1.29, 1.82) is 0 Å². The van der Waals surface area contributed by atoms with E-state index in [4.69, 9.17) is 11.6 Å². The Balaban J connectivity index is 2.92. The van der Waals surface area contributed by atoms with Crippen LogP contribution in [-0.2, 0) is 0 Å². The van der Waals surface area contributed by atoms with Crippen molar-refractivity contribution in [2.24, 2.45) is 11.8 Å². The molecule has 0 saturated carbocycles. The van der Waals surface area contributed by atoms with Crippen LogP contribution < -0.4 is 5.32 Å². The van der Waals surface area contributed by atoms with E-state index in [1.54, 1.807) is 11.3 Å². The average molecular weight is 311 g/mol. The molecule has 1 aromatic rings. The molecular formula is C11H17BrClNS. The summed E-state index contributed by atoms with van der Waals surface area (Å²) in [4.78, 5) is 1.30. The van der Waals surface area contributed by atoms with Crippen molar-refractivity contribution in [3.8, 4) is 0 Å². The van der Waals surface area contributed by atoms with E-state index < -0.39 is 0 Å². The van der Waals surface area contributed by atoms with Crippen LogP contribution >= 0.6 is 38.9 Å². The molecule has 0 amide bonds. The standard InChI is InChI=1S/C11H17BrClNS/c1-6(2)7(3)10(14-4)9-5-8(12)11(13)15-9/h5-7,10,14H,1-4H3. The predicted molar refractivity (Wildman–Crippen MR) is 72.8 cm³/mol. The Morgan fingerprint density at radius 2 is 2.00 bits per heavy atom. The second-order valence-corrected chi connectivity index (χ2v) is 6.68. The number of hydrogen-bond acceptors (Lipinski definition) is 2. The van der Waals surface area contributed by atoms with Gasteiger partial charge in [0.05, 0.1) is 0 Å². The lowest BCUT2D eigenvalue weighted by molar-refractivity contribution is 0.320. The number of thiophene rings is 1. The van der Waals surface area contributed by atoms with E-state index in [2.05, 4.69) is 48.1 Å². The minimum absolute atomic E-state index is 0.388. The van der Waals surface area contributed by atoms with Crippen molar-refractivity contribution in [1.82, 2.24) is 5.32 Å². The summed E-state index contributed by atoms with van der Waals surface area (Å²) in [7, 11) is 2.01. The SMILES string of the molecule is CNC(c1cc(Br)c(Cl)s1)C(C)C(C)C. The van der Waals surface area contributed by atoms with Crippen LogP contribution in [0.4, 0.5) is 0 Å². The molecule has 15 heavy (non-hydrogen) atoms. The molecule has 86 valence electrons. The van der Waals surface area contributed by atoms with Crippen molar-refractivity contribution < 1.29 is 0 Å². The van der Waals surface area contributed by atoms with Gasteiger partial charge in [-0.1, -0.05) is 32.4 Å². The number of halogens is 2. The van der Waals surface area contributed by atoms with Crippen LogP contribution in [0.25, 0.3) is 0 Å². The van der Waals surface area contributed by atoms with Crippen LogP contribution in [0.2, 0.25) is 4.34 Å². The highest BCUT2D eigenvalue weighted by molar-refractivity contribution is 9.10. The molecule has 1 rings (SSSR count). The minimum atomic E-state index is 0.388. The zero-order valence-electron chi connectivity index (χ0n) is 9.47. The lowest BCUT2D eigenvalue weighted by Gasteiger charge is -2.25. The molecule has 1 aromatic heterocycles. The van der Waals surface area contributed by atoms with E-state index in [9.17, 15) is 0 Å². The van der Waals surface area contributed by atoms with Crippen LogP contribution in [0.5, 0.6) is 0 Å². The summed E-state index contributed by atoms with van der Waals surface area (Å²) in [5.41, 5.74) is 0. The van der Waals surface area contributed by atoms with Crippen molar-refractivity contribution in [2.75, 3.05) is 7.05 Å². The van der Waals surface area contributed by atoms with Gasteiger partial charge in [0.15, 0.2) is 0 Å². The second-order valence-electron chi connectivity index (χ2n) is 4.14. The summed E-state index contributed by atoms with van der Waals surface area (Å²) in [6.07, 6.45) is 0. The van der Waals surface area contributed by atoms with E-state index in [0.29, 0.717) is 17.9 Å². The number of hydrogen-bond donors (Lipinski definition) is 1. The third kappa shape index (κ3) is 3.19. The highest BCUT2D eigenvalue weighted by Crippen LogP contribution is 2.38. The van der Waals surface area contributed by atoms with E-state index in [1.165, 1.54) is 4.88 Å². The molecule has 1 N–H and O–H groups in total. The second kappa shape index (κ2) is 5.67. The van der Waals surface area contributed by atoms with Crippen LogP contribution in [0, 0.1) is 11.8 Å². The van der Waals surface area contributed by atoms with Crippen molar-refractivity contribution in [2.45, 2.75) is 26.8 Å². The van der Waals surface area contributed by atoms with Gasteiger partial charge in [0, 0.05) is 15.4 Å². The summed E-state index contributed by atoms with van der Waals surface area (Å²) in [6, 6.07) is 2.51. The fraction of sp³-hybridized carbons (Fsp3) is 0.636. The molecule has 0 fully saturated rings. The molecule has 0 radical (unpaired) electrons. The fourth-order valence-corrected chi connectivity index (χ4v) is 3.53. The molecule has 1 heterocycles. The average Bonchev–Trinajstić information content (AvgIpc) is 2.47. The number of nitrogens with one attached hydrogen (secondary N) is 1. The molecular weight excluding hydrogens is 294 g/mol. The first-order valence-corrected chi connectivity index (χ1v) is 7.08. The van der Waals surface area contributed by atoms with Gasteiger partial charge in [0.1, 0.15) is 4.34 Å². The molecule has 2 atom stereocenters. The van der Waals surface area contributed by atoms with Crippen LogP contribution in [-0.4, -0.2) is 7.05 Å². The molecule has 0 spiro atoms. The van der Waals surface area contributed by atoms with Gasteiger partial charge in [-0.2, -0.15) is 0 Å². The van der Waals surface area contributed by atoms with E-state index in [-0.39, 0.29) is 0 Å². The van der Waals surface area contributed by atoms with Gasteiger partial charge in [-0.3, -0.25) is 0 Å². The summed E-state index contributed by atoms with van der Waals surface area (Å²) < 4.78 is 1.83. The van der Waals surface area contributed by atoms with Crippen molar-refractivity contribution in [3.05, 3.63) is 19.8 Å². The Morgan fingerprint density at radius 1 is 1.40 bits per heavy atom. The summed E-state index contributed by atoms with van der Waals surface area (Å²) in [5.74, 6) is 1.25. The van der Waals surface area contributed by atoms with Crippen LogP contribution in [0.3, 0.4) is 0 Å². The molecule has 4 heteroatoms.